The Morgan fingerprint density at radius 1 is 1.50 bits per heavy atom. The molecule has 0 aliphatic heterocycles. The molecule has 0 saturated carbocycles. The molecule has 0 amide bonds. The highest BCUT2D eigenvalue weighted by Crippen LogP contribution is 2.33. The smallest absolute Gasteiger partial charge is 0.133 e. The summed E-state index contributed by atoms with van der Waals surface area (Å²) >= 11 is 0. The predicted octanol–water partition coefficient (Wildman–Crippen LogP) is 3.89. The first-order valence-electron chi connectivity index (χ1n) is 5.38. The molecule has 0 atom stereocenters. The first-order chi connectivity index (χ1) is 7.52. The van der Waals surface area contributed by atoms with Crippen LogP contribution < -0.4 is 4.74 Å². The highest BCUT2D eigenvalue weighted by atomic mass is 16.5. The van der Waals surface area contributed by atoms with Gasteiger partial charge in [0.1, 0.15) is 5.75 Å². The van der Waals surface area contributed by atoms with Gasteiger partial charge in [-0.05, 0) is 18.4 Å². The van der Waals surface area contributed by atoms with E-state index in [2.05, 4.69) is 32.0 Å². The van der Waals surface area contributed by atoms with E-state index in [1.807, 2.05) is 13.1 Å². The average Bonchev–Trinajstić information content (AvgIpc) is 2.26. The lowest BCUT2D eigenvalue weighted by molar-refractivity contribution is 0.405. The monoisotopic (exact) mass is 217 g/mol. The van der Waals surface area contributed by atoms with Crippen LogP contribution in [0.3, 0.4) is 0 Å². The quantitative estimate of drug-likeness (QED) is 0.763. The number of allylic oxidation sites excluding steroid dienone is 1. The number of aromatic nitrogens is 1. The lowest BCUT2D eigenvalue weighted by Gasteiger charge is -2.16. The van der Waals surface area contributed by atoms with Crippen LogP contribution in [0, 0.1) is 0 Å². The van der Waals surface area contributed by atoms with Crippen molar-refractivity contribution in [1.29, 1.82) is 0 Å². The number of hydrogen-bond acceptors (Lipinski definition) is 2. The van der Waals surface area contributed by atoms with Gasteiger partial charge < -0.3 is 4.74 Å². The second-order valence-corrected chi connectivity index (χ2v) is 4.15. The van der Waals surface area contributed by atoms with E-state index in [1.54, 1.807) is 13.2 Å². The van der Waals surface area contributed by atoms with Crippen molar-refractivity contribution in [2.24, 2.45) is 0 Å². The molecule has 1 rings (SSSR count). The summed E-state index contributed by atoms with van der Waals surface area (Å²) in [6, 6.07) is 0. The molecule has 16 heavy (non-hydrogen) atoms. The second kappa shape index (κ2) is 4.97. The van der Waals surface area contributed by atoms with Crippen LogP contribution in [0.5, 0.6) is 5.75 Å². The van der Waals surface area contributed by atoms with Crippen molar-refractivity contribution in [3.05, 3.63) is 36.2 Å². The van der Waals surface area contributed by atoms with Crippen molar-refractivity contribution >= 4 is 11.6 Å². The molecule has 0 aromatic carbocycles. The Morgan fingerprint density at radius 2 is 2.12 bits per heavy atom. The van der Waals surface area contributed by atoms with Gasteiger partial charge in [-0.25, -0.2) is 0 Å². The molecular weight excluding hydrogens is 198 g/mol. The van der Waals surface area contributed by atoms with E-state index >= 15 is 0 Å². The summed E-state index contributed by atoms with van der Waals surface area (Å²) in [5.41, 5.74) is 3.81. The minimum Gasteiger partial charge on any atom is -0.496 e. The van der Waals surface area contributed by atoms with Crippen LogP contribution in [0.15, 0.2) is 19.4 Å². The molecule has 0 radical (unpaired) electrons. The Hall–Kier alpha value is -1.57. The van der Waals surface area contributed by atoms with Crippen LogP contribution >= 0.6 is 0 Å². The van der Waals surface area contributed by atoms with E-state index in [1.165, 1.54) is 0 Å². The summed E-state index contributed by atoms with van der Waals surface area (Å²) in [6.07, 6.45) is 3.64. The molecule has 86 valence electrons. The van der Waals surface area contributed by atoms with Crippen LogP contribution in [-0.2, 0) is 0 Å². The zero-order chi connectivity index (χ0) is 12.3. The van der Waals surface area contributed by atoms with Gasteiger partial charge in [0.25, 0.3) is 0 Å². The van der Waals surface area contributed by atoms with Gasteiger partial charge in [-0.3, -0.25) is 4.98 Å². The predicted molar refractivity (Wildman–Crippen MR) is 69.7 cm³/mol. The topological polar surface area (TPSA) is 22.1 Å². The third kappa shape index (κ3) is 2.16. The number of pyridine rings is 1. The highest BCUT2D eigenvalue weighted by Gasteiger charge is 2.15. The third-order valence-electron chi connectivity index (χ3n) is 2.53. The summed E-state index contributed by atoms with van der Waals surface area (Å²) < 4.78 is 5.47. The maximum atomic E-state index is 5.47. The number of rotatable bonds is 4. The maximum Gasteiger partial charge on any atom is 0.133 e. The normalized spacial score (nSPS) is 10.3. The summed E-state index contributed by atoms with van der Waals surface area (Å²) in [4.78, 5) is 4.43. The largest absolute Gasteiger partial charge is 0.496 e. The van der Waals surface area contributed by atoms with Gasteiger partial charge in [-0.1, -0.05) is 33.1 Å². The molecule has 0 spiro atoms. The van der Waals surface area contributed by atoms with Crippen molar-refractivity contribution in [2.75, 3.05) is 7.11 Å². The average molecular weight is 217 g/mol. The minimum absolute atomic E-state index is 0.375. The molecule has 0 aliphatic carbocycles. The van der Waals surface area contributed by atoms with E-state index in [0.717, 1.165) is 28.1 Å². The maximum absolute atomic E-state index is 5.47. The highest BCUT2D eigenvalue weighted by molar-refractivity contribution is 5.73. The van der Waals surface area contributed by atoms with Crippen molar-refractivity contribution in [1.82, 2.24) is 4.98 Å². The van der Waals surface area contributed by atoms with E-state index in [4.69, 9.17) is 4.74 Å². The molecular formula is C14H19NO. The Labute approximate surface area is 97.7 Å². The fraction of sp³-hybridized carbons (Fsp3) is 0.357. The Morgan fingerprint density at radius 3 is 2.50 bits per heavy atom. The van der Waals surface area contributed by atoms with Crippen LogP contribution in [0.1, 0.15) is 43.5 Å². The van der Waals surface area contributed by atoms with Gasteiger partial charge >= 0.3 is 0 Å². The summed E-state index contributed by atoms with van der Waals surface area (Å²) in [5.74, 6) is 1.23. The van der Waals surface area contributed by atoms with Crippen LogP contribution in [-0.4, -0.2) is 12.1 Å². The Kier molecular flexibility index (Phi) is 3.88. The van der Waals surface area contributed by atoms with Crippen LogP contribution in [0.2, 0.25) is 0 Å². The SMILES string of the molecule is C=Cc1c(C(=C)C)ncc(C(C)C)c1OC. The zero-order valence-corrected chi connectivity index (χ0v) is 10.5. The molecule has 0 N–H and O–H groups in total. The van der Waals surface area contributed by atoms with Crippen molar-refractivity contribution < 1.29 is 4.74 Å². The molecule has 2 nitrogen and oxygen atoms in total. The molecule has 2 heteroatoms. The molecule has 1 aromatic heterocycles. The standard InChI is InChI=1S/C14H19NO/c1-7-11-13(10(4)5)15-8-12(9(2)3)14(11)16-6/h7-9H,1,4H2,2-3,5-6H3. The number of ether oxygens (including phenoxy) is 1. The summed E-state index contributed by atoms with van der Waals surface area (Å²) in [5, 5.41) is 0. The fourth-order valence-corrected chi connectivity index (χ4v) is 1.69. The molecule has 0 bridgehead atoms. The lowest BCUT2D eigenvalue weighted by atomic mass is 9.98. The van der Waals surface area contributed by atoms with Gasteiger partial charge in [0.15, 0.2) is 0 Å². The van der Waals surface area contributed by atoms with E-state index in [0.29, 0.717) is 5.92 Å². The summed E-state index contributed by atoms with van der Waals surface area (Å²) in [7, 11) is 1.68. The second-order valence-electron chi connectivity index (χ2n) is 4.15. The number of nitrogens with zero attached hydrogens (tertiary/aromatic N) is 1. The van der Waals surface area contributed by atoms with Gasteiger partial charge in [-0.15, -0.1) is 0 Å². The molecule has 1 heterocycles. The fourth-order valence-electron chi connectivity index (χ4n) is 1.69. The first-order valence-corrected chi connectivity index (χ1v) is 5.38. The van der Waals surface area contributed by atoms with E-state index in [-0.39, 0.29) is 0 Å². The number of hydrogen-bond donors (Lipinski definition) is 0. The molecule has 0 aliphatic rings. The lowest BCUT2D eigenvalue weighted by Crippen LogP contribution is -2.02. The molecule has 1 aromatic rings. The Bertz CT molecular complexity index is 419. The van der Waals surface area contributed by atoms with Gasteiger partial charge in [0.2, 0.25) is 0 Å². The third-order valence-corrected chi connectivity index (χ3v) is 2.53. The molecule has 0 saturated heterocycles. The van der Waals surface area contributed by atoms with Gasteiger partial charge in [0.05, 0.1) is 12.8 Å². The molecule has 0 fully saturated rings. The van der Waals surface area contributed by atoms with Crippen molar-refractivity contribution in [3.8, 4) is 5.75 Å². The van der Waals surface area contributed by atoms with Gasteiger partial charge in [0, 0.05) is 17.3 Å². The Balaban J connectivity index is 3.52. The van der Waals surface area contributed by atoms with Gasteiger partial charge in [-0.2, -0.15) is 0 Å². The van der Waals surface area contributed by atoms with Crippen molar-refractivity contribution in [2.45, 2.75) is 26.7 Å². The van der Waals surface area contributed by atoms with E-state index < -0.39 is 0 Å². The number of methoxy groups -OCH3 is 1. The zero-order valence-electron chi connectivity index (χ0n) is 10.5. The van der Waals surface area contributed by atoms with Crippen molar-refractivity contribution in [3.63, 3.8) is 0 Å². The van der Waals surface area contributed by atoms with E-state index in [9.17, 15) is 0 Å². The van der Waals surface area contributed by atoms with Crippen LogP contribution in [0.25, 0.3) is 11.6 Å². The molecule has 0 unspecified atom stereocenters. The minimum atomic E-state index is 0.375. The van der Waals surface area contributed by atoms with Crippen LogP contribution in [0.4, 0.5) is 0 Å². The summed E-state index contributed by atoms with van der Waals surface area (Å²) in [6.45, 7) is 13.9. The first kappa shape index (κ1) is 12.5.